The topological polar surface area (TPSA) is 78.0 Å². The molecule has 17 heavy (non-hydrogen) atoms. The molecule has 1 aromatic rings. The van der Waals surface area contributed by atoms with Gasteiger partial charge in [-0.15, -0.1) is 0 Å². The van der Waals surface area contributed by atoms with Gasteiger partial charge in [0.15, 0.2) is 6.04 Å². The van der Waals surface area contributed by atoms with Gasteiger partial charge in [-0.2, -0.15) is 0 Å². The summed E-state index contributed by atoms with van der Waals surface area (Å²) in [6.45, 7) is 0. The third-order valence-electron chi connectivity index (χ3n) is 3.47. The lowest BCUT2D eigenvalue weighted by molar-refractivity contribution is -0.139. The van der Waals surface area contributed by atoms with Crippen molar-refractivity contribution in [3.63, 3.8) is 0 Å². The highest BCUT2D eigenvalue weighted by Gasteiger charge is 2.23. The highest BCUT2D eigenvalue weighted by atomic mass is 16.4. The Balaban J connectivity index is 2.11. The van der Waals surface area contributed by atoms with Gasteiger partial charge < -0.3 is 15.4 Å². The number of H-pyrrole nitrogens is 1. The molecule has 1 fully saturated rings. The van der Waals surface area contributed by atoms with Crippen LogP contribution in [0.4, 0.5) is 0 Å². The van der Waals surface area contributed by atoms with Gasteiger partial charge in [0, 0.05) is 17.8 Å². The van der Waals surface area contributed by atoms with Gasteiger partial charge in [-0.3, -0.25) is 4.79 Å². The van der Waals surface area contributed by atoms with Crippen molar-refractivity contribution in [3.8, 4) is 0 Å². The lowest BCUT2D eigenvalue weighted by Gasteiger charge is -2.20. The van der Waals surface area contributed by atoms with E-state index < -0.39 is 12.0 Å². The van der Waals surface area contributed by atoms with E-state index >= 15 is 0 Å². The third-order valence-corrected chi connectivity index (χ3v) is 3.47. The van der Waals surface area contributed by atoms with Crippen molar-refractivity contribution in [2.24, 2.45) is 0 Å². The molecule has 3 N–H and O–H groups in total. The van der Waals surface area contributed by atoms with E-state index in [1.165, 1.54) is 32.1 Å². The molecule has 0 amide bonds. The summed E-state index contributed by atoms with van der Waals surface area (Å²) in [4.78, 5) is 18.3. The first-order chi connectivity index (χ1) is 8.22. The zero-order valence-electron chi connectivity index (χ0n) is 10.1. The summed E-state index contributed by atoms with van der Waals surface area (Å²) in [5.74, 6) is 0.119. The van der Waals surface area contributed by atoms with Crippen molar-refractivity contribution in [1.29, 1.82) is 0 Å². The molecule has 1 heterocycles. The van der Waals surface area contributed by atoms with Crippen LogP contribution in [0, 0.1) is 0 Å². The predicted octanol–water partition coefficient (Wildman–Crippen LogP) is 1.80. The molecule has 5 nitrogen and oxygen atoms in total. The number of aromatic nitrogens is 2. The number of carboxylic acids is 1. The van der Waals surface area contributed by atoms with Crippen LogP contribution in [0.5, 0.6) is 0 Å². The number of nitrogens with zero attached hydrogens (tertiary/aromatic N) is 1. The van der Waals surface area contributed by atoms with Crippen molar-refractivity contribution >= 4 is 5.97 Å². The predicted molar refractivity (Wildman–Crippen MR) is 63.9 cm³/mol. The highest BCUT2D eigenvalue weighted by molar-refractivity contribution is 5.74. The van der Waals surface area contributed by atoms with Crippen LogP contribution in [-0.4, -0.2) is 28.1 Å². The number of likely N-dealkylation sites (N-methyl/N-ethyl adjacent to an activating group) is 1. The van der Waals surface area contributed by atoms with Gasteiger partial charge in [-0.1, -0.05) is 19.3 Å². The Labute approximate surface area is 101 Å². The lowest BCUT2D eigenvalue weighted by atomic mass is 9.87. The van der Waals surface area contributed by atoms with E-state index in [1.807, 2.05) is 0 Å². The molecule has 1 unspecified atom stereocenters. The van der Waals surface area contributed by atoms with Crippen LogP contribution >= 0.6 is 0 Å². The fourth-order valence-corrected chi connectivity index (χ4v) is 2.50. The van der Waals surface area contributed by atoms with Crippen molar-refractivity contribution in [3.05, 3.63) is 17.7 Å². The molecule has 1 aromatic heterocycles. The minimum absolute atomic E-state index is 0.501. The van der Waals surface area contributed by atoms with E-state index in [1.54, 1.807) is 13.2 Å². The smallest absolute Gasteiger partial charge is 0.328 e. The SMILES string of the molecule is CNC(C(=O)O)c1ncc(C2CCCCC2)[nH]1. The largest absolute Gasteiger partial charge is 0.480 e. The molecule has 0 aromatic carbocycles. The number of aromatic amines is 1. The molecule has 0 aliphatic heterocycles. The van der Waals surface area contributed by atoms with Crippen molar-refractivity contribution in [2.45, 2.75) is 44.1 Å². The fraction of sp³-hybridized carbons (Fsp3) is 0.667. The number of hydrogen-bond acceptors (Lipinski definition) is 3. The second-order valence-electron chi connectivity index (χ2n) is 4.62. The number of hydrogen-bond donors (Lipinski definition) is 3. The van der Waals surface area contributed by atoms with Gasteiger partial charge in [0.2, 0.25) is 0 Å². The molecule has 2 rings (SSSR count). The second-order valence-corrected chi connectivity index (χ2v) is 4.62. The maximum atomic E-state index is 11.0. The number of aliphatic carboxylic acids is 1. The first-order valence-corrected chi connectivity index (χ1v) is 6.17. The Morgan fingerprint density at radius 2 is 2.24 bits per heavy atom. The van der Waals surface area contributed by atoms with E-state index in [9.17, 15) is 4.79 Å². The number of nitrogens with one attached hydrogen (secondary N) is 2. The summed E-state index contributed by atoms with van der Waals surface area (Å²) in [6, 6.07) is -0.743. The molecule has 1 aliphatic carbocycles. The first kappa shape index (κ1) is 12.1. The summed E-state index contributed by atoms with van der Waals surface area (Å²) < 4.78 is 0. The monoisotopic (exact) mass is 237 g/mol. The molecular weight excluding hydrogens is 218 g/mol. The van der Waals surface area contributed by atoms with Crippen molar-refractivity contribution < 1.29 is 9.90 Å². The van der Waals surface area contributed by atoms with Gasteiger partial charge in [0.25, 0.3) is 0 Å². The van der Waals surface area contributed by atoms with E-state index in [-0.39, 0.29) is 0 Å². The van der Waals surface area contributed by atoms with E-state index in [0.717, 1.165) is 5.69 Å². The van der Waals surface area contributed by atoms with Gasteiger partial charge in [-0.05, 0) is 19.9 Å². The summed E-state index contributed by atoms with van der Waals surface area (Å²) >= 11 is 0. The summed E-state index contributed by atoms with van der Waals surface area (Å²) in [7, 11) is 1.63. The molecule has 1 saturated carbocycles. The third kappa shape index (κ3) is 2.66. The van der Waals surface area contributed by atoms with Crippen LogP contribution < -0.4 is 5.32 Å². The van der Waals surface area contributed by atoms with Crippen LogP contribution in [0.2, 0.25) is 0 Å². The number of rotatable bonds is 4. The van der Waals surface area contributed by atoms with Crippen LogP contribution in [0.25, 0.3) is 0 Å². The summed E-state index contributed by atoms with van der Waals surface area (Å²) in [5, 5.41) is 11.8. The molecule has 1 aliphatic rings. The summed E-state index contributed by atoms with van der Waals surface area (Å²) in [5.41, 5.74) is 1.08. The van der Waals surface area contributed by atoms with Gasteiger partial charge in [0.05, 0.1) is 0 Å². The standard InChI is InChI=1S/C12H19N3O2/c1-13-10(12(16)17)11-14-7-9(15-11)8-5-3-2-4-6-8/h7-8,10,13H,2-6H2,1H3,(H,14,15)(H,16,17). The van der Waals surface area contributed by atoms with E-state index in [0.29, 0.717) is 11.7 Å². The average molecular weight is 237 g/mol. The Bertz CT molecular complexity index is 383. The van der Waals surface area contributed by atoms with Gasteiger partial charge >= 0.3 is 5.97 Å². The molecule has 94 valence electrons. The molecular formula is C12H19N3O2. The molecule has 0 saturated heterocycles. The van der Waals surface area contributed by atoms with Crippen LogP contribution in [-0.2, 0) is 4.79 Å². The van der Waals surface area contributed by atoms with Crippen LogP contribution in [0.15, 0.2) is 6.20 Å². The van der Waals surface area contributed by atoms with Gasteiger partial charge in [-0.25, -0.2) is 4.98 Å². The van der Waals surface area contributed by atoms with Crippen molar-refractivity contribution in [1.82, 2.24) is 15.3 Å². The number of carboxylic acid groups (broad SMARTS) is 1. The molecule has 1 atom stereocenters. The fourth-order valence-electron chi connectivity index (χ4n) is 2.50. The van der Waals surface area contributed by atoms with E-state index in [4.69, 9.17) is 5.11 Å². The zero-order valence-corrected chi connectivity index (χ0v) is 10.1. The van der Waals surface area contributed by atoms with E-state index in [2.05, 4.69) is 15.3 Å². The highest BCUT2D eigenvalue weighted by Crippen LogP contribution is 2.31. The average Bonchev–Trinajstić information content (AvgIpc) is 2.80. The maximum absolute atomic E-state index is 11.0. The van der Waals surface area contributed by atoms with Crippen molar-refractivity contribution in [2.75, 3.05) is 7.05 Å². The Kier molecular flexibility index (Phi) is 3.78. The molecule has 0 spiro atoms. The minimum Gasteiger partial charge on any atom is -0.480 e. The molecule has 0 radical (unpaired) electrons. The van der Waals surface area contributed by atoms with Crippen LogP contribution in [0.3, 0.4) is 0 Å². The number of imidazole rings is 1. The minimum atomic E-state index is -0.906. The second kappa shape index (κ2) is 5.31. The first-order valence-electron chi connectivity index (χ1n) is 6.17. The zero-order chi connectivity index (χ0) is 12.3. The maximum Gasteiger partial charge on any atom is 0.328 e. The normalized spacial score (nSPS) is 19.1. The Hall–Kier alpha value is -1.36. The molecule has 0 bridgehead atoms. The number of carbonyl (C=O) groups is 1. The van der Waals surface area contributed by atoms with Crippen LogP contribution in [0.1, 0.15) is 55.6 Å². The Morgan fingerprint density at radius 1 is 1.53 bits per heavy atom. The molecule has 5 heteroatoms. The quantitative estimate of drug-likeness (QED) is 0.746. The van der Waals surface area contributed by atoms with Gasteiger partial charge in [0.1, 0.15) is 5.82 Å². The lowest BCUT2D eigenvalue weighted by Crippen LogP contribution is -2.26. The summed E-state index contributed by atoms with van der Waals surface area (Å²) in [6.07, 6.45) is 7.98. The Morgan fingerprint density at radius 3 is 2.82 bits per heavy atom.